The van der Waals surface area contributed by atoms with Crippen LogP contribution in [0.2, 0.25) is 0 Å². The van der Waals surface area contributed by atoms with Crippen LogP contribution in [-0.2, 0) is 16.7 Å². The maximum Gasteiger partial charge on any atom is 0.514 e. The maximum atomic E-state index is 13.5. The van der Waals surface area contributed by atoms with Gasteiger partial charge in [-0.1, -0.05) is 32.6 Å². The summed E-state index contributed by atoms with van der Waals surface area (Å²) >= 11 is 0. The number of carbonyl (C=O) groups is 1. The molecule has 0 atom stereocenters. The Labute approximate surface area is 268 Å². The van der Waals surface area contributed by atoms with Crippen LogP contribution in [0.3, 0.4) is 0 Å². The number of aromatic nitrogens is 3. The first-order chi connectivity index (χ1) is 21.6. The summed E-state index contributed by atoms with van der Waals surface area (Å²) in [5, 5.41) is 0.388. The van der Waals surface area contributed by atoms with Crippen molar-refractivity contribution in [3.8, 4) is 29.1 Å². The summed E-state index contributed by atoms with van der Waals surface area (Å²) in [7, 11) is 3.11. The first-order valence-corrected chi connectivity index (χ1v) is 14.8. The molecule has 0 saturated carbocycles. The lowest BCUT2D eigenvalue weighted by molar-refractivity contribution is 0.103. The van der Waals surface area contributed by atoms with Crippen molar-refractivity contribution in [2.24, 2.45) is 5.41 Å². The fraction of sp³-hybridized carbons (Fsp3) is 0.371. The zero-order valence-electron chi connectivity index (χ0n) is 27.6. The van der Waals surface area contributed by atoms with Crippen molar-refractivity contribution in [1.29, 1.82) is 0 Å². The van der Waals surface area contributed by atoms with Gasteiger partial charge in [-0.25, -0.2) is 9.78 Å². The topological polar surface area (TPSA) is 154 Å². The molecule has 2 aromatic heterocycles. The molecule has 0 aliphatic carbocycles. The van der Waals surface area contributed by atoms with Crippen molar-refractivity contribution in [3.63, 3.8) is 0 Å². The second kappa shape index (κ2) is 13.4. The van der Waals surface area contributed by atoms with Gasteiger partial charge in [0.05, 0.1) is 38.1 Å². The molecule has 11 heteroatoms. The number of fused-ring (bicyclic) bond motifs is 1. The lowest BCUT2D eigenvalue weighted by Crippen LogP contribution is -2.33. The molecular formula is C35H41N5O6. The maximum absolute atomic E-state index is 13.5. The van der Waals surface area contributed by atoms with Crippen molar-refractivity contribution < 1.29 is 23.7 Å². The first-order valence-electron chi connectivity index (χ1n) is 14.8. The SMILES string of the molecule is CCOC(=O)Oc1cn(C(C)(C)CC(C)(C)C)c2cc(C#Cc3cc(Cc4cnc(N)nc4N)cc(OC)c3OC)ccc2c1=O. The van der Waals surface area contributed by atoms with Gasteiger partial charge in [-0.2, -0.15) is 4.98 Å². The van der Waals surface area contributed by atoms with E-state index in [-0.39, 0.29) is 23.7 Å². The highest BCUT2D eigenvalue weighted by Gasteiger charge is 2.29. The second-order valence-electron chi connectivity index (χ2n) is 12.7. The lowest BCUT2D eigenvalue weighted by atomic mass is 9.81. The zero-order chi connectivity index (χ0) is 33.8. The molecular weight excluding hydrogens is 586 g/mol. The molecule has 0 unspecified atom stereocenters. The summed E-state index contributed by atoms with van der Waals surface area (Å²) in [6, 6.07) is 9.06. The molecule has 0 radical (unpaired) electrons. The Morgan fingerprint density at radius 2 is 1.74 bits per heavy atom. The minimum Gasteiger partial charge on any atom is -0.493 e. The number of carbonyl (C=O) groups excluding carboxylic acids is 1. The number of anilines is 2. The molecule has 0 aliphatic heterocycles. The summed E-state index contributed by atoms with van der Waals surface area (Å²) in [5.74, 6) is 7.72. The van der Waals surface area contributed by atoms with E-state index < -0.39 is 17.1 Å². The summed E-state index contributed by atoms with van der Waals surface area (Å²) < 4.78 is 23.5. The highest BCUT2D eigenvalue weighted by molar-refractivity contribution is 5.83. The summed E-state index contributed by atoms with van der Waals surface area (Å²) in [6.45, 7) is 12.4. The molecule has 2 aromatic carbocycles. The van der Waals surface area contributed by atoms with Crippen molar-refractivity contribution >= 4 is 28.8 Å². The molecule has 0 saturated heterocycles. The quantitative estimate of drug-likeness (QED) is 0.184. The van der Waals surface area contributed by atoms with Gasteiger partial charge < -0.3 is 35.0 Å². The van der Waals surface area contributed by atoms with Gasteiger partial charge in [0.1, 0.15) is 5.82 Å². The van der Waals surface area contributed by atoms with Crippen LogP contribution < -0.4 is 31.1 Å². The van der Waals surface area contributed by atoms with E-state index in [1.54, 1.807) is 45.7 Å². The normalized spacial score (nSPS) is 11.5. The summed E-state index contributed by atoms with van der Waals surface area (Å²) in [4.78, 5) is 33.8. The second-order valence-corrected chi connectivity index (χ2v) is 12.7. The number of benzene rings is 2. The number of nitrogens with two attached hydrogens (primary N) is 2. The molecule has 2 heterocycles. The largest absolute Gasteiger partial charge is 0.514 e. The monoisotopic (exact) mass is 627 g/mol. The molecule has 4 aromatic rings. The Bertz CT molecular complexity index is 1900. The molecule has 0 fully saturated rings. The van der Waals surface area contributed by atoms with Crippen molar-refractivity contribution in [2.45, 2.75) is 59.9 Å². The van der Waals surface area contributed by atoms with E-state index in [0.717, 1.165) is 12.0 Å². The number of nitrogens with zero attached hydrogens (tertiary/aromatic N) is 3. The molecule has 0 aliphatic rings. The van der Waals surface area contributed by atoms with Gasteiger partial charge in [-0.15, -0.1) is 0 Å². The third-order valence-electron chi connectivity index (χ3n) is 7.23. The van der Waals surface area contributed by atoms with E-state index in [2.05, 4.69) is 56.4 Å². The van der Waals surface area contributed by atoms with Crippen LogP contribution in [0.15, 0.2) is 47.5 Å². The number of pyridine rings is 1. The smallest absolute Gasteiger partial charge is 0.493 e. The van der Waals surface area contributed by atoms with Crippen LogP contribution in [0, 0.1) is 17.3 Å². The van der Waals surface area contributed by atoms with Gasteiger partial charge in [-0.3, -0.25) is 4.79 Å². The summed E-state index contributed by atoms with van der Waals surface area (Å²) in [5.41, 5.74) is 14.3. The van der Waals surface area contributed by atoms with Crippen molar-refractivity contribution in [2.75, 3.05) is 32.3 Å². The van der Waals surface area contributed by atoms with E-state index in [1.807, 2.05) is 22.8 Å². The molecule has 0 bridgehead atoms. The number of hydrogen-bond donors (Lipinski definition) is 2. The Hall–Kier alpha value is -5.24. The number of methoxy groups -OCH3 is 2. The van der Waals surface area contributed by atoms with E-state index in [1.165, 1.54) is 0 Å². The van der Waals surface area contributed by atoms with Crippen LogP contribution in [0.25, 0.3) is 10.9 Å². The molecule has 4 N–H and O–H groups in total. The zero-order valence-corrected chi connectivity index (χ0v) is 27.6. The molecule has 4 rings (SSSR count). The molecule has 242 valence electrons. The van der Waals surface area contributed by atoms with Gasteiger partial charge in [0.2, 0.25) is 11.4 Å². The highest BCUT2D eigenvalue weighted by atomic mass is 16.7. The van der Waals surface area contributed by atoms with Gasteiger partial charge in [0.15, 0.2) is 17.2 Å². The highest BCUT2D eigenvalue weighted by Crippen LogP contribution is 2.36. The van der Waals surface area contributed by atoms with Crippen LogP contribution in [0.1, 0.15) is 70.2 Å². The van der Waals surface area contributed by atoms with Gasteiger partial charge in [0.25, 0.3) is 0 Å². The molecule has 46 heavy (non-hydrogen) atoms. The van der Waals surface area contributed by atoms with E-state index in [4.69, 9.17) is 30.4 Å². The average molecular weight is 628 g/mol. The number of nitrogen functional groups attached to an aromatic ring is 2. The average Bonchev–Trinajstić information content (AvgIpc) is 2.97. The van der Waals surface area contributed by atoms with E-state index in [0.29, 0.717) is 51.3 Å². The van der Waals surface area contributed by atoms with Crippen LogP contribution in [0.5, 0.6) is 17.2 Å². The minimum absolute atomic E-state index is 0.0394. The Morgan fingerprint density at radius 3 is 2.37 bits per heavy atom. The minimum atomic E-state index is -0.931. The van der Waals surface area contributed by atoms with Crippen LogP contribution >= 0.6 is 0 Å². The third kappa shape index (κ3) is 7.69. The van der Waals surface area contributed by atoms with Crippen LogP contribution in [0.4, 0.5) is 16.6 Å². The molecule has 11 nitrogen and oxygen atoms in total. The Morgan fingerprint density at radius 1 is 1.00 bits per heavy atom. The predicted octanol–water partition coefficient (Wildman–Crippen LogP) is 5.67. The van der Waals surface area contributed by atoms with E-state index >= 15 is 0 Å². The first kappa shape index (κ1) is 33.6. The number of ether oxygens (including phenoxy) is 4. The van der Waals surface area contributed by atoms with E-state index in [9.17, 15) is 9.59 Å². The Balaban J connectivity index is 1.85. The standard InChI is InChI=1S/C35H41N5O6/c1-9-45-33(42)46-28-19-40(35(5,6)20-34(2,3)4)26-16-21(11-13-25(26)29(28)41)10-12-23-14-22(17-27(43-7)30(23)44-8)15-24-18-38-32(37)39-31(24)36/h11,13-14,16-19H,9,15,20H2,1-8H3,(H4,36,37,38,39). The summed E-state index contributed by atoms with van der Waals surface area (Å²) in [6.07, 6.45) is 3.43. The predicted molar refractivity (Wildman–Crippen MR) is 178 cm³/mol. The van der Waals surface area contributed by atoms with Gasteiger partial charge in [0, 0.05) is 34.7 Å². The number of rotatable bonds is 8. The van der Waals surface area contributed by atoms with Crippen LogP contribution in [-0.4, -0.2) is 41.5 Å². The van der Waals surface area contributed by atoms with Gasteiger partial charge in [-0.05, 0) is 68.5 Å². The third-order valence-corrected chi connectivity index (χ3v) is 7.23. The fourth-order valence-electron chi connectivity index (χ4n) is 5.72. The molecule has 0 amide bonds. The van der Waals surface area contributed by atoms with Crippen molar-refractivity contribution in [3.05, 3.63) is 75.2 Å². The van der Waals surface area contributed by atoms with Crippen molar-refractivity contribution in [1.82, 2.24) is 14.5 Å². The van der Waals surface area contributed by atoms with Gasteiger partial charge >= 0.3 is 6.16 Å². The lowest BCUT2D eigenvalue weighted by Gasteiger charge is -2.36. The number of hydrogen-bond acceptors (Lipinski definition) is 10. The fourth-order valence-corrected chi connectivity index (χ4v) is 5.72. The molecule has 0 spiro atoms. The Kier molecular flexibility index (Phi) is 9.80.